The highest BCUT2D eigenvalue weighted by Gasteiger charge is 2.22. The molecule has 1 amide bonds. The van der Waals surface area contributed by atoms with E-state index in [0.29, 0.717) is 6.54 Å². The molecule has 10 heteroatoms. The van der Waals surface area contributed by atoms with Gasteiger partial charge in [0, 0.05) is 51.8 Å². The van der Waals surface area contributed by atoms with Gasteiger partial charge in [0.15, 0.2) is 11.8 Å². The van der Waals surface area contributed by atoms with Gasteiger partial charge in [-0.3, -0.25) is 4.99 Å². The van der Waals surface area contributed by atoms with Crippen LogP contribution in [-0.4, -0.2) is 64.0 Å². The van der Waals surface area contributed by atoms with Gasteiger partial charge in [-0.15, -0.1) is 24.0 Å². The van der Waals surface area contributed by atoms with Crippen LogP contribution in [0.5, 0.6) is 0 Å². The number of halogens is 1. The Labute approximate surface area is 214 Å². The van der Waals surface area contributed by atoms with Gasteiger partial charge in [0.2, 0.25) is 0 Å². The zero-order chi connectivity index (χ0) is 23.7. The van der Waals surface area contributed by atoms with E-state index in [9.17, 15) is 4.79 Å². The van der Waals surface area contributed by atoms with Gasteiger partial charge < -0.3 is 20.3 Å². The Kier molecular flexibility index (Phi) is 11.6. The number of hydrogen-bond acceptors (Lipinski definition) is 5. The van der Waals surface area contributed by atoms with Crippen molar-refractivity contribution >= 4 is 36.0 Å². The third-order valence-electron chi connectivity index (χ3n) is 4.86. The summed E-state index contributed by atoms with van der Waals surface area (Å²) in [7, 11) is 3.75. The number of aromatic nitrogens is 3. The normalized spacial score (nSPS) is 12.7. The minimum absolute atomic E-state index is 0. The zero-order valence-electron chi connectivity index (χ0n) is 20.7. The minimum atomic E-state index is -0.515. The summed E-state index contributed by atoms with van der Waals surface area (Å²) >= 11 is 0. The molecule has 2 aromatic rings. The highest BCUT2D eigenvalue weighted by atomic mass is 127. The van der Waals surface area contributed by atoms with Gasteiger partial charge in [0.25, 0.3) is 0 Å². The molecule has 0 spiro atoms. The predicted molar refractivity (Wildman–Crippen MR) is 142 cm³/mol. The highest BCUT2D eigenvalue weighted by Crippen LogP contribution is 2.11. The van der Waals surface area contributed by atoms with E-state index < -0.39 is 5.60 Å². The Hall–Kier alpha value is -2.37. The van der Waals surface area contributed by atoms with Crippen LogP contribution in [-0.2, 0) is 11.3 Å². The molecule has 0 aromatic carbocycles. The number of carbonyl (C=O) groups excluding carboxylic acids is 1. The molecule has 2 aromatic heterocycles. The first-order valence-electron chi connectivity index (χ1n) is 11.0. The fraction of sp³-hybridized carbons (Fsp3) is 0.565. The van der Waals surface area contributed by atoms with Crippen LogP contribution in [0.15, 0.2) is 41.8 Å². The molecule has 0 aliphatic heterocycles. The molecule has 0 fully saturated rings. The second kappa shape index (κ2) is 13.4. The number of hydrogen-bond donors (Lipinski definition) is 2. The van der Waals surface area contributed by atoms with Gasteiger partial charge in [0.1, 0.15) is 5.60 Å². The molecular formula is C23H38IN7O2. The lowest BCUT2D eigenvalue weighted by Crippen LogP contribution is -2.45. The maximum atomic E-state index is 12.2. The van der Waals surface area contributed by atoms with Crippen LogP contribution in [0.4, 0.5) is 4.79 Å². The first kappa shape index (κ1) is 28.7. The van der Waals surface area contributed by atoms with Crippen molar-refractivity contribution in [2.75, 3.05) is 20.6 Å². The molecule has 184 valence electrons. The molecule has 0 aliphatic carbocycles. The van der Waals surface area contributed by atoms with Crippen molar-refractivity contribution in [3.8, 4) is 5.82 Å². The van der Waals surface area contributed by atoms with Crippen LogP contribution >= 0.6 is 24.0 Å². The Morgan fingerprint density at radius 2 is 2.03 bits per heavy atom. The Bertz CT molecular complexity index is 879. The van der Waals surface area contributed by atoms with Crippen LogP contribution in [0.1, 0.15) is 46.6 Å². The second-order valence-corrected chi connectivity index (χ2v) is 9.08. The average molecular weight is 572 g/mol. The Balaban J connectivity index is 0.00000544. The summed E-state index contributed by atoms with van der Waals surface area (Å²) < 4.78 is 7.14. The number of nitrogens with zero attached hydrogens (tertiary/aromatic N) is 5. The number of aliphatic imine (C=N–C) groups is 1. The second-order valence-electron chi connectivity index (χ2n) is 9.08. The van der Waals surface area contributed by atoms with Gasteiger partial charge in [-0.05, 0) is 56.9 Å². The molecule has 9 nitrogen and oxygen atoms in total. The summed E-state index contributed by atoms with van der Waals surface area (Å²) in [5.41, 5.74) is 0.560. The van der Waals surface area contributed by atoms with Gasteiger partial charge >= 0.3 is 6.09 Å². The zero-order valence-corrected chi connectivity index (χ0v) is 23.0. The summed E-state index contributed by atoms with van der Waals surface area (Å²) in [6.07, 6.45) is 5.75. The monoisotopic (exact) mass is 571 g/mol. The van der Waals surface area contributed by atoms with Crippen molar-refractivity contribution in [1.29, 1.82) is 0 Å². The van der Waals surface area contributed by atoms with Gasteiger partial charge in [-0.1, -0.05) is 13.8 Å². The van der Waals surface area contributed by atoms with E-state index in [1.54, 1.807) is 24.1 Å². The van der Waals surface area contributed by atoms with Crippen LogP contribution in [0.2, 0.25) is 0 Å². The van der Waals surface area contributed by atoms with Gasteiger partial charge in [0.05, 0.1) is 0 Å². The number of pyridine rings is 1. The molecular weight excluding hydrogens is 533 g/mol. The summed E-state index contributed by atoms with van der Waals surface area (Å²) in [4.78, 5) is 23.0. The van der Waals surface area contributed by atoms with Crippen molar-refractivity contribution in [3.05, 3.63) is 42.4 Å². The van der Waals surface area contributed by atoms with Crippen LogP contribution in [0.25, 0.3) is 5.82 Å². The molecule has 2 heterocycles. The fourth-order valence-electron chi connectivity index (χ4n) is 3.14. The van der Waals surface area contributed by atoms with E-state index in [2.05, 4.69) is 44.5 Å². The quantitative estimate of drug-likeness (QED) is 0.284. The fourth-order valence-corrected chi connectivity index (χ4v) is 3.14. The molecule has 0 saturated carbocycles. The lowest BCUT2D eigenvalue weighted by atomic mass is 10.0. The molecule has 33 heavy (non-hydrogen) atoms. The molecule has 0 bridgehead atoms. The van der Waals surface area contributed by atoms with E-state index >= 15 is 0 Å². The van der Waals surface area contributed by atoms with Crippen LogP contribution in [0, 0.1) is 5.92 Å². The number of rotatable bonds is 8. The smallest absolute Gasteiger partial charge is 0.407 e. The first-order valence-corrected chi connectivity index (χ1v) is 11.0. The maximum absolute atomic E-state index is 12.2. The first-order chi connectivity index (χ1) is 15.1. The number of amides is 1. The molecule has 2 rings (SSSR count). The number of nitrogens with one attached hydrogen (secondary N) is 2. The van der Waals surface area contributed by atoms with Gasteiger partial charge in [-0.25, -0.2) is 14.5 Å². The number of guanidine groups is 1. The Morgan fingerprint density at radius 1 is 1.30 bits per heavy atom. The molecule has 0 radical (unpaired) electrons. The van der Waals surface area contributed by atoms with E-state index in [0.717, 1.165) is 30.3 Å². The summed E-state index contributed by atoms with van der Waals surface area (Å²) in [5, 5.41) is 10.6. The van der Waals surface area contributed by atoms with Crippen LogP contribution in [0.3, 0.4) is 0 Å². The van der Waals surface area contributed by atoms with E-state index in [1.165, 1.54) is 0 Å². The van der Waals surface area contributed by atoms with Crippen molar-refractivity contribution in [3.63, 3.8) is 0 Å². The highest BCUT2D eigenvalue weighted by molar-refractivity contribution is 14.0. The maximum Gasteiger partial charge on any atom is 0.407 e. The number of alkyl carbamates (subject to hydrolysis) is 1. The molecule has 1 unspecified atom stereocenters. The van der Waals surface area contributed by atoms with E-state index in [1.807, 2.05) is 52.2 Å². The lowest BCUT2D eigenvalue weighted by molar-refractivity contribution is 0.0486. The number of carbonyl (C=O) groups is 1. The third-order valence-corrected chi connectivity index (χ3v) is 4.86. The van der Waals surface area contributed by atoms with Gasteiger partial charge in [-0.2, -0.15) is 5.10 Å². The standard InChI is InChI=1S/C23H37N7O2.HI/c1-17(2)19(28-22(31)32-23(3,4)5)10-14-29(7)21(24-6)26-16-18-9-12-25-20(15-18)30-13-8-11-27-30;/h8-9,11-13,15,17,19H,10,14,16H2,1-7H3,(H,24,26)(H,28,31);1H. The van der Waals surface area contributed by atoms with Crippen molar-refractivity contribution in [2.45, 2.75) is 59.2 Å². The molecule has 2 N–H and O–H groups in total. The van der Waals surface area contributed by atoms with E-state index in [4.69, 9.17) is 4.74 Å². The Morgan fingerprint density at radius 3 is 2.61 bits per heavy atom. The molecule has 0 saturated heterocycles. The lowest BCUT2D eigenvalue weighted by Gasteiger charge is -2.28. The van der Waals surface area contributed by atoms with Crippen molar-refractivity contribution in [2.24, 2.45) is 10.9 Å². The predicted octanol–water partition coefficient (Wildman–Crippen LogP) is 3.83. The minimum Gasteiger partial charge on any atom is -0.444 e. The topological polar surface area (TPSA) is 96.7 Å². The SMILES string of the molecule is CN=C(NCc1ccnc(-n2cccn2)c1)N(C)CCC(NC(=O)OC(C)(C)C)C(C)C.I. The van der Waals surface area contributed by atoms with E-state index in [-0.39, 0.29) is 42.0 Å². The summed E-state index contributed by atoms with van der Waals surface area (Å²) in [6.45, 7) is 11.1. The van der Waals surface area contributed by atoms with Crippen molar-refractivity contribution in [1.82, 2.24) is 30.3 Å². The average Bonchev–Trinajstić information content (AvgIpc) is 3.25. The summed E-state index contributed by atoms with van der Waals surface area (Å²) in [6, 6.07) is 5.83. The largest absolute Gasteiger partial charge is 0.444 e. The number of ether oxygens (including phenoxy) is 1. The van der Waals surface area contributed by atoms with Crippen molar-refractivity contribution < 1.29 is 9.53 Å². The molecule has 0 aliphatic rings. The molecule has 1 atom stereocenters. The third kappa shape index (κ3) is 9.97. The summed E-state index contributed by atoms with van der Waals surface area (Å²) in [5.74, 6) is 1.83. The van der Waals surface area contributed by atoms with Crippen LogP contribution < -0.4 is 10.6 Å².